The largest absolute Gasteiger partial charge is 0.508 e. The fraction of sp³-hybridized carbons (Fsp3) is 0.263. The molecule has 0 aliphatic rings. The highest BCUT2D eigenvalue weighted by Crippen LogP contribution is 2.35. The summed E-state index contributed by atoms with van der Waals surface area (Å²) in [5.74, 6) is -2.75. The number of ether oxygens (including phenoxy) is 2. The molecule has 2 rings (SSSR count). The van der Waals surface area contributed by atoms with Crippen molar-refractivity contribution < 1.29 is 42.4 Å². The molecule has 156 valence electrons. The van der Waals surface area contributed by atoms with Crippen molar-refractivity contribution in [3.8, 4) is 17.2 Å². The zero-order valence-corrected chi connectivity index (χ0v) is 15.2. The van der Waals surface area contributed by atoms with E-state index in [1.807, 2.05) is 0 Å². The van der Waals surface area contributed by atoms with E-state index in [1.165, 1.54) is 0 Å². The Morgan fingerprint density at radius 3 is 2.45 bits per heavy atom. The van der Waals surface area contributed by atoms with Gasteiger partial charge < -0.3 is 25.0 Å². The normalized spacial score (nSPS) is 11.0. The summed E-state index contributed by atoms with van der Waals surface area (Å²) in [5.41, 5.74) is -1.49. The monoisotopic (exact) mass is 413 g/mol. The highest BCUT2D eigenvalue weighted by molar-refractivity contribution is 5.97. The highest BCUT2D eigenvalue weighted by atomic mass is 19.4. The number of benzene rings is 2. The first-order chi connectivity index (χ1) is 13.6. The van der Waals surface area contributed by atoms with Crippen LogP contribution in [0.5, 0.6) is 17.2 Å². The average molecular weight is 413 g/mol. The third-order valence-corrected chi connectivity index (χ3v) is 3.58. The molecule has 0 heterocycles. The van der Waals surface area contributed by atoms with Crippen molar-refractivity contribution in [2.45, 2.75) is 19.5 Å². The minimum Gasteiger partial charge on any atom is -0.508 e. The molecule has 0 aliphatic heterocycles. The van der Waals surface area contributed by atoms with Gasteiger partial charge in [-0.05, 0) is 36.8 Å². The van der Waals surface area contributed by atoms with Gasteiger partial charge >= 0.3 is 12.1 Å². The molecule has 0 radical (unpaired) electrons. The molecule has 0 atom stereocenters. The Morgan fingerprint density at radius 2 is 1.83 bits per heavy atom. The summed E-state index contributed by atoms with van der Waals surface area (Å²) in [6, 6.07) is 5.78. The number of carbonyl (C=O) groups excluding carboxylic acids is 2. The van der Waals surface area contributed by atoms with Gasteiger partial charge in [0.2, 0.25) is 0 Å². The third kappa shape index (κ3) is 6.03. The van der Waals surface area contributed by atoms with Gasteiger partial charge in [-0.3, -0.25) is 4.79 Å². The molecule has 0 unspecified atom stereocenters. The summed E-state index contributed by atoms with van der Waals surface area (Å²) in [6.07, 6.45) is -4.02. The summed E-state index contributed by atoms with van der Waals surface area (Å²) < 4.78 is 48.9. The molecule has 0 bridgehead atoms. The van der Waals surface area contributed by atoms with Crippen LogP contribution in [0.1, 0.15) is 29.3 Å². The number of aromatic hydroxyl groups is 2. The van der Waals surface area contributed by atoms with Gasteiger partial charge in [0.05, 0.1) is 17.9 Å². The summed E-state index contributed by atoms with van der Waals surface area (Å²) in [6.45, 7) is 1.21. The summed E-state index contributed by atoms with van der Waals surface area (Å²) in [5, 5.41) is 21.0. The molecule has 3 N–H and O–H groups in total. The predicted octanol–water partition coefficient (Wildman–Crippen LogP) is 3.70. The van der Waals surface area contributed by atoms with Crippen LogP contribution in [-0.4, -0.2) is 35.3 Å². The van der Waals surface area contributed by atoms with E-state index in [4.69, 9.17) is 9.47 Å². The molecule has 0 saturated carbocycles. The molecule has 10 heteroatoms. The number of alkyl halides is 3. The van der Waals surface area contributed by atoms with E-state index in [1.54, 1.807) is 6.92 Å². The predicted molar refractivity (Wildman–Crippen MR) is 95.9 cm³/mol. The zero-order valence-electron chi connectivity index (χ0n) is 15.2. The standard InChI is InChI=1S/C19H18F3NO6/c1-2-7-28-16-6-3-11(19(20,21)22)8-14(16)23-17(26)10-29-18(27)13-5-4-12(24)9-15(13)25/h3-6,8-9,24-25H,2,7,10H2,1H3,(H,23,26). The van der Waals surface area contributed by atoms with Crippen LogP contribution in [0, 0.1) is 0 Å². The lowest BCUT2D eigenvalue weighted by atomic mass is 10.1. The van der Waals surface area contributed by atoms with Crippen LogP contribution in [0.3, 0.4) is 0 Å². The van der Waals surface area contributed by atoms with Gasteiger partial charge in [0.1, 0.15) is 22.8 Å². The van der Waals surface area contributed by atoms with Crippen LogP contribution in [-0.2, 0) is 15.7 Å². The number of hydrogen-bond donors (Lipinski definition) is 3. The minimum atomic E-state index is -4.62. The van der Waals surface area contributed by atoms with Gasteiger partial charge in [0, 0.05) is 6.07 Å². The van der Waals surface area contributed by atoms with Crippen molar-refractivity contribution >= 4 is 17.6 Å². The lowest BCUT2D eigenvalue weighted by Gasteiger charge is -2.15. The second-order valence-corrected chi connectivity index (χ2v) is 5.88. The second-order valence-electron chi connectivity index (χ2n) is 5.88. The maximum atomic E-state index is 12.9. The van der Waals surface area contributed by atoms with Crippen LogP contribution in [0.25, 0.3) is 0 Å². The molecular formula is C19H18F3NO6. The Labute approximate surface area is 163 Å². The van der Waals surface area contributed by atoms with E-state index in [9.17, 15) is 33.0 Å². The topological polar surface area (TPSA) is 105 Å². The van der Waals surface area contributed by atoms with Crippen LogP contribution in [0.15, 0.2) is 36.4 Å². The quantitative estimate of drug-likeness (QED) is 0.598. The number of hydrogen-bond acceptors (Lipinski definition) is 6. The van der Waals surface area contributed by atoms with E-state index in [2.05, 4.69) is 5.32 Å². The number of amides is 1. The van der Waals surface area contributed by atoms with Crippen LogP contribution in [0.2, 0.25) is 0 Å². The van der Waals surface area contributed by atoms with Gasteiger partial charge in [0.25, 0.3) is 5.91 Å². The highest BCUT2D eigenvalue weighted by Gasteiger charge is 2.31. The average Bonchev–Trinajstić information content (AvgIpc) is 2.64. The van der Waals surface area contributed by atoms with Crippen molar-refractivity contribution in [3.05, 3.63) is 47.5 Å². The first-order valence-electron chi connectivity index (χ1n) is 8.44. The molecule has 1 amide bonds. The number of carbonyl (C=O) groups is 2. The zero-order chi connectivity index (χ0) is 21.6. The maximum absolute atomic E-state index is 12.9. The fourth-order valence-electron chi connectivity index (χ4n) is 2.23. The van der Waals surface area contributed by atoms with E-state index < -0.39 is 36.0 Å². The minimum absolute atomic E-state index is 0.0377. The molecule has 0 aliphatic carbocycles. The number of anilines is 1. The van der Waals surface area contributed by atoms with Gasteiger partial charge in [-0.15, -0.1) is 0 Å². The molecular weight excluding hydrogens is 395 g/mol. The number of rotatable bonds is 7. The van der Waals surface area contributed by atoms with Crippen LogP contribution < -0.4 is 10.1 Å². The molecule has 7 nitrogen and oxygen atoms in total. The number of esters is 1. The number of halogens is 3. The van der Waals surface area contributed by atoms with Crippen LogP contribution >= 0.6 is 0 Å². The van der Waals surface area contributed by atoms with E-state index in [0.717, 1.165) is 36.4 Å². The molecule has 0 fully saturated rings. The Kier molecular flexibility index (Phi) is 6.92. The number of phenols is 2. The number of phenolic OH excluding ortho intramolecular Hbond substituents is 2. The Hall–Kier alpha value is -3.43. The van der Waals surface area contributed by atoms with Crippen LogP contribution in [0.4, 0.5) is 18.9 Å². The fourth-order valence-corrected chi connectivity index (χ4v) is 2.23. The molecule has 2 aromatic rings. The molecule has 2 aromatic carbocycles. The number of nitrogens with one attached hydrogen (secondary N) is 1. The van der Waals surface area contributed by atoms with Gasteiger partial charge in [0.15, 0.2) is 6.61 Å². The van der Waals surface area contributed by atoms with E-state index in [0.29, 0.717) is 6.42 Å². The lowest BCUT2D eigenvalue weighted by Crippen LogP contribution is -2.21. The summed E-state index contributed by atoms with van der Waals surface area (Å²) in [7, 11) is 0. The first-order valence-corrected chi connectivity index (χ1v) is 8.44. The SMILES string of the molecule is CCCOc1ccc(C(F)(F)F)cc1NC(=O)COC(=O)c1ccc(O)cc1O. The smallest absolute Gasteiger partial charge is 0.416 e. The second kappa shape index (κ2) is 9.18. The van der Waals surface area contributed by atoms with Gasteiger partial charge in [-0.2, -0.15) is 13.2 Å². The van der Waals surface area contributed by atoms with E-state index in [-0.39, 0.29) is 29.4 Å². The molecule has 0 aromatic heterocycles. The van der Waals surface area contributed by atoms with Gasteiger partial charge in [-0.1, -0.05) is 6.92 Å². The lowest BCUT2D eigenvalue weighted by molar-refractivity contribution is -0.137. The third-order valence-electron chi connectivity index (χ3n) is 3.58. The molecule has 0 spiro atoms. The maximum Gasteiger partial charge on any atom is 0.416 e. The Bertz CT molecular complexity index is 898. The Balaban J connectivity index is 2.09. The van der Waals surface area contributed by atoms with Crippen molar-refractivity contribution in [2.75, 3.05) is 18.5 Å². The summed E-state index contributed by atoms with van der Waals surface area (Å²) in [4.78, 5) is 24.0. The van der Waals surface area contributed by atoms with Crippen molar-refractivity contribution in [1.29, 1.82) is 0 Å². The van der Waals surface area contributed by atoms with Crippen molar-refractivity contribution in [1.82, 2.24) is 0 Å². The van der Waals surface area contributed by atoms with Crippen molar-refractivity contribution in [3.63, 3.8) is 0 Å². The van der Waals surface area contributed by atoms with Crippen molar-refractivity contribution in [2.24, 2.45) is 0 Å². The summed E-state index contributed by atoms with van der Waals surface area (Å²) >= 11 is 0. The van der Waals surface area contributed by atoms with E-state index >= 15 is 0 Å². The molecule has 0 saturated heterocycles. The van der Waals surface area contributed by atoms with Gasteiger partial charge in [-0.25, -0.2) is 4.79 Å². The molecule has 29 heavy (non-hydrogen) atoms. The first kappa shape index (κ1) is 21.9. The Morgan fingerprint density at radius 1 is 1.10 bits per heavy atom.